The molecule has 1 aromatic rings. The summed E-state index contributed by atoms with van der Waals surface area (Å²) in [6.07, 6.45) is 2.19. The van der Waals surface area contributed by atoms with E-state index < -0.39 is 0 Å². The molecule has 1 rings (SSSR count). The number of nitrogens with one attached hydrogen (secondary N) is 1. The van der Waals surface area contributed by atoms with E-state index in [9.17, 15) is 4.79 Å². The zero-order valence-corrected chi connectivity index (χ0v) is 9.34. The second kappa shape index (κ2) is 4.45. The fourth-order valence-electron chi connectivity index (χ4n) is 0.930. The summed E-state index contributed by atoms with van der Waals surface area (Å²) < 4.78 is 1.84. The molecular formula is C8H14N4OS. The van der Waals surface area contributed by atoms with Gasteiger partial charge >= 0.3 is 0 Å². The Morgan fingerprint density at radius 2 is 2.36 bits per heavy atom. The topological polar surface area (TPSA) is 59.8 Å². The molecule has 0 unspecified atom stereocenters. The Morgan fingerprint density at radius 3 is 2.93 bits per heavy atom. The van der Waals surface area contributed by atoms with Crippen LogP contribution in [0, 0.1) is 0 Å². The van der Waals surface area contributed by atoms with E-state index in [1.807, 2.05) is 4.68 Å². The van der Waals surface area contributed by atoms with Gasteiger partial charge in [0.2, 0.25) is 6.41 Å². The number of amides is 1. The third-order valence-corrected chi connectivity index (χ3v) is 2.37. The average molecular weight is 214 g/mol. The Bertz CT molecular complexity index is 305. The zero-order valence-electron chi connectivity index (χ0n) is 8.52. The lowest BCUT2D eigenvalue weighted by Gasteiger charge is -2.20. The highest BCUT2D eigenvalue weighted by Gasteiger charge is 2.18. The molecule has 0 bridgehead atoms. The van der Waals surface area contributed by atoms with Crippen LogP contribution in [-0.4, -0.2) is 27.1 Å². The lowest BCUT2D eigenvalue weighted by atomic mass is 10.1. The molecule has 1 amide bonds. The summed E-state index contributed by atoms with van der Waals surface area (Å²) in [7, 11) is 0. The third-order valence-electron chi connectivity index (χ3n) is 1.52. The fraction of sp³-hybridized carbons (Fsp3) is 0.625. The van der Waals surface area contributed by atoms with Crippen LogP contribution in [0.2, 0.25) is 0 Å². The average Bonchev–Trinajstić information content (AvgIpc) is 2.52. The van der Waals surface area contributed by atoms with Crippen molar-refractivity contribution in [1.29, 1.82) is 0 Å². The van der Waals surface area contributed by atoms with Crippen LogP contribution in [0.4, 0.5) is 0 Å². The van der Waals surface area contributed by atoms with Gasteiger partial charge < -0.3 is 5.32 Å². The van der Waals surface area contributed by atoms with Crippen molar-refractivity contribution in [1.82, 2.24) is 20.1 Å². The van der Waals surface area contributed by atoms with Gasteiger partial charge in [-0.15, -0.1) is 0 Å². The Balaban J connectivity index is 2.68. The van der Waals surface area contributed by atoms with Gasteiger partial charge in [-0.1, -0.05) is 11.8 Å². The van der Waals surface area contributed by atoms with Crippen molar-refractivity contribution in [3.63, 3.8) is 0 Å². The maximum Gasteiger partial charge on any atom is 0.207 e. The predicted octanol–water partition coefficient (Wildman–Crippen LogP) is 0.829. The van der Waals surface area contributed by atoms with Crippen LogP contribution in [-0.2, 0) is 10.3 Å². The molecule has 0 saturated heterocycles. The number of aromatic nitrogens is 3. The molecule has 0 spiro atoms. The first-order chi connectivity index (χ1) is 6.55. The summed E-state index contributed by atoms with van der Waals surface area (Å²) in [4.78, 5) is 14.2. The lowest BCUT2D eigenvalue weighted by molar-refractivity contribution is -0.109. The van der Waals surface area contributed by atoms with Crippen LogP contribution >= 0.6 is 11.8 Å². The van der Waals surface area contributed by atoms with Gasteiger partial charge in [0.1, 0.15) is 6.33 Å². The molecule has 0 aliphatic heterocycles. The van der Waals surface area contributed by atoms with Gasteiger partial charge in [0.15, 0.2) is 5.16 Å². The van der Waals surface area contributed by atoms with Crippen molar-refractivity contribution >= 4 is 18.2 Å². The van der Waals surface area contributed by atoms with Gasteiger partial charge in [-0.05, 0) is 20.8 Å². The summed E-state index contributed by atoms with van der Waals surface area (Å²) in [5, 5.41) is 7.51. The first-order valence-corrected chi connectivity index (χ1v) is 5.24. The molecule has 0 atom stereocenters. The first-order valence-electron chi connectivity index (χ1n) is 4.26. The molecule has 6 heteroatoms. The SMILES string of the molecule is CC(C)(C)n1ncnc1SCNC=O. The van der Waals surface area contributed by atoms with E-state index in [1.165, 1.54) is 18.1 Å². The monoisotopic (exact) mass is 214 g/mol. The number of nitrogens with zero attached hydrogens (tertiary/aromatic N) is 3. The van der Waals surface area contributed by atoms with Gasteiger partial charge in [-0.25, -0.2) is 9.67 Å². The summed E-state index contributed by atoms with van der Waals surface area (Å²) in [6.45, 7) is 6.16. The molecule has 78 valence electrons. The van der Waals surface area contributed by atoms with E-state index in [4.69, 9.17) is 0 Å². The van der Waals surface area contributed by atoms with Crippen LogP contribution < -0.4 is 5.32 Å². The second-order valence-corrected chi connectivity index (χ2v) is 4.68. The molecule has 14 heavy (non-hydrogen) atoms. The predicted molar refractivity (Wildman–Crippen MR) is 54.9 cm³/mol. The van der Waals surface area contributed by atoms with E-state index in [2.05, 4.69) is 36.2 Å². The van der Waals surface area contributed by atoms with Crippen molar-refractivity contribution in [2.45, 2.75) is 31.5 Å². The summed E-state index contributed by atoms with van der Waals surface area (Å²) in [5.74, 6) is 0.512. The number of thioether (sulfide) groups is 1. The van der Waals surface area contributed by atoms with Gasteiger partial charge in [0.25, 0.3) is 0 Å². The molecule has 1 heterocycles. The van der Waals surface area contributed by atoms with Crippen molar-refractivity contribution in [2.75, 3.05) is 5.88 Å². The fourth-order valence-corrected chi connectivity index (χ4v) is 1.78. The smallest absolute Gasteiger partial charge is 0.207 e. The standard InChI is InChI=1S/C8H14N4OS/c1-8(2,3)12-7(10-4-11-12)14-6-9-5-13/h4-5H,6H2,1-3H3,(H,9,13). The van der Waals surface area contributed by atoms with E-state index in [0.717, 1.165) is 5.16 Å². The quantitative estimate of drug-likeness (QED) is 0.349. The lowest BCUT2D eigenvalue weighted by Crippen LogP contribution is -2.24. The maximum atomic E-state index is 10.0. The van der Waals surface area contributed by atoms with Gasteiger partial charge in [-0.2, -0.15) is 5.10 Å². The minimum absolute atomic E-state index is 0.0833. The van der Waals surface area contributed by atoms with Crippen molar-refractivity contribution in [2.24, 2.45) is 0 Å². The summed E-state index contributed by atoms with van der Waals surface area (Å²) in [6, 6.07) is 0. The van der Waals surface area contributed by atoms with Gasteiger partial charge in [0, 0.05) is 0 Å². The highest BCUT2D eigenvalue weighted by atomic mass is 32.2. The molecule has 1 N–H and O–H groups in total. The number of hydrogen-bond acceptors (Lipinski definition) is 4. The zero-order chi connectivity index (χ0) is 10.6. The molecule has 5 nitrogen and oxygen atoms in total. The minimum atomic E-state index is -0.0833. The first kappa shape index (κ1) is 11.0. The largest absolute Gasteiger partial charge is 0.349 e. The van der Waals surface area contributed by atoms with E-state index >= 15 is 0 Å². The number of rotatable bonds is 4. The molecule has 0 saturated carbocycles. The number of carbonyl (C=O) groups is 1. The number of carbonyl (C=O) groups excluding carboxylic acids is 1. The van der Waals surface area contributed by atoms with Crippen molar-refractivity contribution in [3.05, 3.63) is 6.33 Å². The summed E-state index contributed by atoms with van der Waals surface area (Å²) >= 11 is 1.45. The maximum absolute atomic E-state index is 10.0. The molecule has 0 fully saturated rings. The van der Waals surface area contributed by atoms with E-state index in [1.54, 1.807) is 0 Å². The molecule has 1 aromatic heterocycles. The van der Waals surface area contributed by atoms with Gasteiger partial charge in [-0.3, -0.25) is 4.79 Å². The summed E-state index contributed by atoms with van der Waals surface area (Å²) in [5.41, 5.74) is -0.0833. The third kappa shape index (κ3) is 2.73. The van der Waals surface area contributed by atoms with Crippen LogP contribution in [0.5, 0.6) is 0 Å². The van der Waals surface area contributed by atoms with E-state index in [-0.39, 0.29) is 5.54 Å². The molecular weight excluding hydrogens is 200 g/mol. The second-order valence-electron chi connectivity index (χ2n) is 3.74. The molecule has 0 aliphatic rings. The highest BCUT2D eigenvalue weighted by molar-refractivity contribution is 7.99. The Morgan fingerprint density at radius 1 is 1.64 bits per heavy atom. The van der Waals surface area contributed by atoms with Gasteiger partial charge in [0.05, 0.1) is 11.4 Å². The highest BCUT2D eigenvalue weighted by Crippen LogP contribution is 2.20. The van der Waals surface area contributed by atoms with Crippen LogP contribution in [0.15, 0.2) is 11.5 Å². The number of hydrogen-bond donors (Lipinski definition) is 1. The Hall–Kier alpha value is -1.04. The van der Waals surface area contributed by atoms with E-state index in [0.29, 0.717) is 12.3 Å². The van der Waals surface area contributed by atoms with Crippen LogP contribution in [0.1, 0.15) is 20.8 Å². The Labute approximate surface area is 87.3 Å². The van der Waals surface area contributed by atoms with Crippen LogP contribution in [0.25, 0.3) is 0 Å². The van der Waals surface area contributed by atoms with Crippen molar-refractivity contribution < 1.29 is 4.79 Å². The molecule has 0 aromatic carbocycles. The van der Waals surface area contributed by atoms with Crippen LogP contribution in [0.3, 0.4) is 0 Å². The Kier molecular flexibility index (Phi) is 3.51. The molecule has 0 radical (unpaired) electrons. The normalized spacial score (nSPS) is 11.4. The molecule has 0 aliphatic carbocycles. The van der Waals surface area contributed by atoms with Crippen molar-refractivity contribution in [3.8, 4) is 0 Å². The minimum Gasteiger partial charge on any atom is -0.349 e.